The molecule has 0 bridgehead atoms. The number of benzene rings is 1. The Morgan fingerprint density at radius 2 is 2.18 bits per heavy atom. The normalized spacial score (nSPS) is 15.2. The number of para-hydroxylation sites is 1. The van der Waals surface area contributed by atoms with Gasteiger partial charge in [0.2, 0.25) is 5.91 Å². The molecule has 1 aliphatic heterocycles. The van der Waals surface area contributed by atoms with E-state index in [1.807, 2.05) is 4.90 Å². The fraction of sp³-hybridized carbons (Fsp3) is 0.500. The summed E-state index contributed by atoms with van der Waals surface area (Å²) in [6.45, 7) is 7.71. The van der Waals surface area contributed by atoms with Crippen LogP contribution in [-0.2, 0) is 4.79 Å². The zero-order valence-corrected chi connectivity index (χ0v) is 10.8. The van der Waals surface area contributed by atoms with Gasteiger partial charge >= 0.3 is 0 Å². The smallest absolute Gasteiger partial charge is 0.223 e. The second-order valence-corrected chi connectivity index (χ2v) is 4.85. The zero-order valence-electron chi connectivity index (χ0n) is 10.8. The van der Waals surface area contributed by atoms with E-state index in [0.29, 0.717) is 5.92 Å². The molecule has 0 spiro atoms. The lowest BCUT2D eigenvalue weighted by Crippen LogP contribution is -2.30. The summed E-state index contributed by atoms with van der Waals surface area (Å²) in [5.74, 6) is 0.551. The summed E-state index contributed by atoms with van der Waals surface area (Å²) >= 11 is 0. The molecule has 0 atom stereocenters. The summed E-state index contributed by atoms with van der Waals surface area (Å²) in [4.78, 5) is 13.7. The maximum Gasteiger partial charge on any atom is 0.223 e. The highest BCUT2D eigenvalue weighted by Crippen LogP contribution is 2.36. The molecule has 92 valence electrons. The second kappa shape index (κ2) is 4.78. The van der Waals surface area contributed by atoms with Gasteiger partial charge < -0.3 is 10.2 Å². The second-order valence-electron chi connectivity index (χ2n) is 4.85. The Kier molecular flexibility index (Phi) is 3.36. The van der Waals surface area contributed by atoms with Gasteiger partial charge in [-0.2, -0.15) is 0 Å². The summed E-state index contributed by atoms with van der Waals surface area (Å²) in [7, 11) is 0. The van der Waals surface area contributed by atoms with Crippen LogP contribution in [0.4, 0.5) is 11.4 Å². The van der Waals surface area contributed by atoms with Crippen LogP contribution >= 0.6 is 0 Å². The fourth-order valence-corrected chi connectivity index (χ4v) is 2.36. The fourth-order valence-electron chi connectivity index (χ4n) is 2.36. The molecule has 1 N–H and O–H groups in total. The molecule has 0 saturated heterocycles. The van der Waals surface area contributed by atoms with Crippen LogP contribution in [0.15, 0.2) is 18.2 Å². The van der Waals surface area contributed by atoms with Crippen molar-refractivity contribution in [2.45, 2.75) is 33.1 Å². The molecule has 3 heteroatoms. The SMILES string of the molecule is CC(=O)N1CCCNc2cccc(C(C)C)c21. The maximum atomic E-state index is 11.8. The quantitative estimate of drug-likeness (QED) is 0.807. The van der Waals surface area contributed by atoms with Gasteiger partial charge in [-0.25, -0.2) is 0 Å². The molecule has 0 unspecified atom stereocenters. The first kappa shape index (κ1) is 12.0. The third-order valence-electron chi connectivity index (χ3n) is 3.21. The van der Waals surface area contributed by atoms with Gasteiger partial charge in [-0.3, -0.25) is 4.79 Å². The van der Waals surface area contributed by atoms with E-state index in [9.17, 15) is 4.79 Å². The molecule has 1 heterocycles. The standard InChI is InChI=1S/C14H20N2O/c1-10(2)12-6-4-7-13-14(12)16(11(3)17)9-5-8-15-13/h4,6-7,10,15H,5,8-9H2,1-3H3. The number of carbonyl (C=O) groups excluding carboxylic acids is 1. The molecule has 0 saturated carbocycles. The minimum Gasteiger partial charge on any atom is -0.383 e. The molecule has 3 nitrogen and oxygen atoms in total. The zero-order chi connectivity index (χ0) is 12.4. The van der Waals surface area contributed by atoms with Crippen molar-refractivity contribution >= 4 is 17.3 Å². The van der Waals surface area contributed by atoms with E-state index in [1.54, 1.807) is 6.92 Å². The predicted octanol–water partition coefficient (Wildman–Crippen LogP) is 2.98. The molecule has 1 aliphatic rings. The number of nitrogens with zero attached hydrogens (tertiary/aromatic N) is 1. The summed E-state index contributed by atoms with van der Waals surface area (Å²) in [6.07, 6.45) is 0.992. The van der Waals surface area contributed by atoms with E-state index in [1.165, 1.54) is 5.56 Å². The number of anilines is 2. The van der Waals surface area contributed by atoms with Crippen LogP contribution < -0.4 is 10.2 Å². The van der Waals surface area contributed by atoms with E-state index >= 15 is 0 Å². The number of fused-ring (bicyclic) bond motifs is 1. The molecule has 0 fully saturated rings. The van der Waals surface area contributed by atoms with Gasteiger partial charge in [0.05, 0.1) is 11.4 Å². The van der Waals surface area contributed by atoms with Crippen LogP contribution in [0.25, 0.3) is 0 Å². The van der Waals surface area contributed by atoms with Crippen LogP contribution in [0.1, 0.15) is 38.7 Å². The number of hydrogen-bond donors (Lipinski definition) is 1. The number of hydrogen-bond acceptors (Lipinski definition) is 2. The highest BCUT2D eigenvalue weighted by atomic mass is 16.2. The number of carbonyl (C=O) groups is 1. The van der Waals surface area contributed by atoms with Crippen LogP contribution in [0.2, 0.25) is 0 Å². The first-order valence-electron chi connectivity index (χ1n) is 6.26. The van der Waals surface area contributed by atoms with Crippen molar-refractivity contribution in [2.75, 3.05) is 23.3 Å². The number of nitrogens with one attached hydrogen (secondary N) is 1. The molecule has 17 heavy (non-hydrogen) atoms. The third kappa shape index (κ3) is 2.28. The van der Waals surface area contributed by atoms with Crippen molar-refractivity contribution in [2.24, 2.45) is 0 Å². The summed E-state index contributed by atoms with van der Waals surface area (Å²) in [5, 5.41) is 3.41. The summed E-state index contributed by atoms with van der Waals surface area (Å²) in [5.41, 5.74) is 3.41. The Hall–Kier alpha value is -1.51. The van der Waals surface area contributed by atoms with Gasteiger partial charge in [0.15, 0.2) is 0 Å². The van der Waals surface area contributed by atoms with Gasteiger partial charge in [0.25, 0.3) is 0 Å². The van der Waals surface area contributed by atoms with Crippen LogP contribution in [-0.4, -0.2) is 19.0 Å². The summed E-state index contributed by atoms with van der Waals surface area (Å²) < 4.78 is 0. The van der Waals surface area contributed by atoms with E-state index in [4.69, 9.17) is 0 Å². The van der Waals surface area contributed by atoms with Gasteiger partial charge in [-0.05, 0) is 24.0 Å². The average molecular weight is 232 g/mol. The third-order valence-corrected chi connectivity index (χ3v) is 3.21. The van der Waals surface area contributed by atoms with Crippen LogP contribution in [0, 0.1) is 0 Å². The Balaban J connectivity index is 2.56. The first-order valence-corrected chi connectivity index (χ1v) is 6.26. The monoisotopic (exact) mass is 232 g/mol. The lowest BCUT2D eigenvalue weighted by Gasteiger charge is -2.25. The molecule has 2 rings (SSSR count). The Morgan fingerprint density at radius 3 is 2.82 bits per heavy atom. The van der Waals surface area contributed by atoms with Gasteiger partial charge in [0, 0.05) is 20.0 Å². The van der Waals surface area contributed by atoms with Crippen molar-refractivity contribution in [3.63, 3.8) is 0 Å². The number of rotatable bonds is 1. The molecular formula is C14H20N2O. The Labute approximate surface area is 103 Å². The molecule has 0 aliphatic carbocycles. The predicted molar refractivity (Wildman–Crippen MR) is 71.7 cm³/mol. The van der Waals surface area contributed by atoms with Crippen LogP contribution in [0.5, 0.6) is 0 Å². The maximum absolute atomic E-state index is 11.8. The minimum absolute atomic E-state index is 0.128. The highest BCUT2D eigenvalue weighted by Gasteiger charge is 2.22. The Bertz CT molecular complexity index is 426. The van der Waals surface area contributed by atoms with E-state index in [0.717, 1.165) is 30.9 Å². The first-order chi connectivity index (χ1) is 8.11. The molecule has 1 aromatic rings. The largest absolute Gasteiger partial charge is 0.383 e. The van der Waals surface area contributed by atoms with Crippen molar-refractivity contribution in [1.29, 1.82) is 0 Å². The van der Waals surface area contributed by atoms with Crippen molar-refractivity contribution in [3.8, 4) is 0 Å². The van der Waals surface area contributed by atoms with Gasteiger partial charge in [-0.1, -0.05) is 26.0 Å². The lowest BCUT2D eigenvalue weighted by molar-refractivity contribution is -0.116. The Morgan fingerprint density at radius 1 is 1.41 bits per heavy atom. The topological polar surface area (TPSA) is 32.3 Å². The summed E-state index contributed by atoms with van der Waals surface area (Å²) in [6, 6.07) is 6.24. The minimum atomic E-state index is 0.128. The molecular weight excluding hydrogens is 212 g/mol. The van der Waals surface area contributed by atoms with Crippen molar-refractivity contribution < 1.29 is 4.79 Å². The van der Waals surface area contributed by atoms with E-state index in [2.05, 4.69) is 37.4 Å². The van der Waals surface area contributed by atoms with Gasteiger partial charge in [0.1, 0.15) is 0 Å². The lowest BCUT2D eigenvalue weighted by atomic mass is 9.99. The molecule has 0 radical (unpaired) electrons. The van der Waals surface area contributed by atoms with Crippen molar-refractivity contribution in [1.82, 2.24) is 0 Å². The molecule has 0 aromatic heterocycles. The van der Waals surface area contributed by atoms with E-state index in [-0.39, 0.29) is 5.91 Å². The molecule has 1 aromatic carbocycles. The van der Waals surface area contributed by atoms with Gasteiger partial charge in [-0.15, -0.1) is 0 Å². The average Bonchev–Trinajstić information content (AvgIpc) is 2.50. The number of amides is 1. The van der Waals surface area contributed by atoms with Crippen LogP contribution in [0.3, 0.4) is 0 Å². The highest BCUT2D eigenvalue weighted by molar-refractivity contribution is 5.96. The molecule has 1 amide bonds. The van der Waals surface area contributed by atoms with Crippen molar-refractivity contribution in [3.05, 3.63) is 23.8 Å². The van der Waals surface area contributed by atoms with E-state index < -0.39 is 0 Å².